The molecule has 2 rings (SSSR count). The standard InChI is InChI=1S/C14H17NS/c15-10-13(12-6-2-1-3-7-12)11-16-14-8-4-5-9-14/h1-3,6-7,13-14H,4-5,8-9,11H2. The first-order valence-electron chi connectivity index (χ1n) is 5.96. The molecule has 1 aromatic rings. The molecule has 16 heavy (non-hydrogen) atoms. The molecule has 0 N–H and O–H groups in total. The van der Waals surface area contributed by atoms with Crippen LogP contribution in [0.5, 0.6) is 0 Å². The van der Waals surface area contributed by atoms with Crippen LogP contribution in [0.4, 0.5) is 0 Å². The summed E-state index contributed by atoms with van der Waals surface area (Å²) in [5.74, 6) is 1.01. The number of nitriles is 1. The smallest absolute Gasteiger partial charge is 0.0803 e. The highest BCUT2D eigenvalue weighted by molar-refractivity contribution is 7.99. The van der Waals surface area contributed by atoms with Gasteiger partial charge in [0.15, 0.2) is 0 Å². The molecule has 0 radical (unpaired) electrons. The Morgan fingerprint density at radius 2 is 1.94 bits per heavy atom. The molecule has 0 spiro atoms. The van der Waals surface area contributed by atoms with Crippen molar-refractivity contribution < 1.29 is 0 Å². The maximum absolute atomic E-state index is 9.19. The van der Waals surface area contributed by atoms with Gasteiger partial charge in [-0.15, -0.1) is 0 Å². The second-order valence-electron chi connectivity index (χ2n) is 4.33. The van der Waals surface area contributed by atoms with Crippen molar-refractivity contribution in [3.8, 4) is 6.07 Å². The number of thioether (sulfide) groups is 1. The van der Waals surface area contributed by atoms with Crippen LogP contribution in [-0.2, 0) is 0 Å². The van der Waals surface area contributed by atoms with Crippen LogP contribution >= 0.6 is 11.8 Å². The minimum absolute atomic E-state index is 0.0619. The molecule has 1 aliphatic carbocycles. The van der Waals surface area contributed by atoms with Crippen molar-refractivity contribution >= 4 is 11.8 Å². The summed E-state index contributed by atoms with van der Waals surface area (Å²) in [5.41, 5.74) is 1.16. The lowest BCUT2D eigenvalue weighted by Gasteiger charge is -2.12. The van der Waals surface area contributed by atoms with Crippen LogP contribution in [0.25, 0.3) is 0 Å². The van der Waals surface area contributed by atoms with Crippen LogP contribution in [0.15, 0.2) is 30.3 Å². The summed E-state index contributed by atoms with van der Waals surface area (Å²) >= 11 is 1.99. The van der Waals surface area contributed by atoms with E-state index in [4.69, 9.17) is 0 Å². The van der Waals surface area contributed by atoms with Gasteiger partial charge < -0.3 is 0 Å². The Labute approximate surface area is 102 Å². The quantitative estimate of drug-likeness (QED) is 0.783. The van der Waals surface area contributed by atoms with Gasteiger partial charge in [-0.2, -0.15) is 17.0 Å². The van der Waals surface area contributed by atoms with Crippen molar-refractivity contribution in [1.29, 1.82) is 5.26 Å². The lowest BCUT2D eigenvalue weighted by molar-refractivity contribution is 0.886. The van der Waals surface area contributed by atoms with Crippen molar-refractivity contribution in [1.82, 2.24) is 0 Å². The summed E-state index contributed by atoms with van der Waals surface area (Å²) in [7, 11) is 0. The Bertz CT molecular complexity index is 349. The molecule has 1 unspecified atom stereocenters. The zero-order valence-electron chi connectivity index (χ0n) is 9.43. The second kappa shape index (κ2) is 5.96. The summed E-state index contributed by atoms with van der Waals surface area (Å²) in [4.78, 5) is 0. The maximum atomic E-state index is 9.19. The van der Waals surface area contributed by atoms with Gasteiger partial charge in [-0.05, 0) is 18.4 Å². The molecule has 1 aromatic carbocycles. The first kappa shape index (κ1) is 11.5. The van der Waals surface area contributed by atoms with E-state index in [1.54, 1.807) is 0 Å². The van der Waals surface area contributed by atoms with Gasteiger partial charge >= 0.3 is 0 Å². The molecular weight excluding hydrogens is 214 g/mol. The van der Waals surface area contributed by atoms with Crippen molar-refractivity contribution in [2.75, 3.05) is 5.75 Å². The van der Waals surface area contributed by atoms with Crippen molar-refractivity contribution in [3.63, 3.8) is 0 Å². The molecule has 1 atom stereocenters. The van der Waals surface area contributed by atoms with E-state index in [2.05, 4.69) is 18.2 Å². The fraction of sp³-hybridized carbons (Fsp3) is 0.500. The average Bonchev–Trinajstić information content (AvgIpc) is 2.84. The monoisotopic (exact) mass is 231 g/mol. The minimum atomic E-state index is 0.0619. The van der Waals surface area contributed by atoms with E-state index in [9.17, 15) is 5.26 Å². The molecule has 0 bridgehead atoms. The number of hydrogen-bond donors (Lipinski definition) is 0. The van der Waals surface area contributed by atoms with E-state index in [-0.39, 0.29) is 5.92 Å². The molecule has 1 fully saturated rings. The van der Waals surface area contributed by atoms with Crippen LogP contribution in [0.1, 0.15) is 37.2 Å². The number of nitrogens with zero attached hydrogens (tertiary/aromatic N) is 1. The predicted octanol–water partition coefficient (Wildman–Crippen LogP) is 3.97. The number of hydrogen-bond acceptors (Lipinski definition) is 2. The normalized spacial score (nSPS) is 18.2. The molecule has 0 saturated heterocycles. The lowest BCUT2D eigenvalue weighted by Crippen LogP contribution is -2.03. The van der Waals surface area contributed by atoms with Gasteiger partial charge in [0.05, 0.1) is 12.0 Å². The molecule has 84 valence electrons. The largest absolute Gasteiger partial charge is 0.198 e. The molecule has 0 aliphatic heterocycles. The highest BCUT2D eigenvalue weighted by atomic mass is 32.2. The van der Waals surface area contributed by atoms with Crippen molar-refractivity contribution in [2.24, 2.45) is 0 Å². The molecule has 1 aliphatic rings. The highest BCUT2D eigenvalue weighted by Gasteiger charge is 2.18. The predicted molar refractivity (Wildman–Crippen MR) is 69.5 cm³/mol. The zero-order chi connectivity index (χ0) is 11.2. The van der Waals surface area contributed by atoms with E-state index >= 15 is 0 Å². The highest BCUT2D eigenvalue weighted by Crippen LogP contribution is 2.32. The Morgan fingerprint density at radius 3 is 2.56 bits per heavy atom. The summed E-state index contributed by atoms with van der Waals surface area (Å²) in [6.07, 6.45) is 5.44. The molecule has 1 nitrogen and oxygen atoms in total. The van der Waals surface area contributed by atoms with Gasteiger partial charge in [0.1, 0.15) is 0 Å². The van der Waals surface area contributed by atoms with Crippen LogP contribution in [0.3, 0.4) is 0 Å². The molecule has 0 amide bonds. The summed E-state index contributed by atoms with van der Waals surface area (Å²) in [6.45, 7) is 0. The Morgan fingerprint density at radius 1 is 1.25 bits per heavy atom. The number of benzene rings is 1. The topological polar surface area (TPSA) is 23.8 Å². The Hall–Kier alpha value is -0.940. The van der Waals surface area contributed by atoms with E-state index in [1.165, 1.54) is 25.7 Å². The third kappa shape index (κ3) is 3.02. The van der Waals surface area contributed by atoms with Crippen molar-refractivity contribution in [2.45, 2.75) is 36.9 Å². The van der Waals surface area contributed by atoms with Gasteiger partial charge in [-0.3, -0.25) is 0 Å². The third-order valence-electron chi connectivity index (χ3n) is 3.16. The fourth-order valence-electron chi connectivity index (χ4n) is 2.18. The molecule has 0 aromatic heterocycles. The maximum Gasteiger partial charge on any atom is 0.0803 e. The summed E-state index contributed by atoms with van der Waals surface area (Å²) in [5, 5.41) is 10.00. The Kier molecular flexibility index (Phi) is 4.30. The number of rotatable bonds is 4. The van der Waals surface area contributed by atoms with Gasteiger partial charge in [0.25, 0.3) is 0 Å². The summed E-state index contributed by atoms with van der Waals surface area (Å²) < 4.78 is 0. The van der Waals surface area contributed by atoms with Crippen LogP contribution in [0.2, 0.25) is 0 Å². The molecule has 1 saturated carbocycles. The lowest BCUT2D eigenvalue weighted by atomic mass is 10.0. The second-order valence-corrected chi connectivity index (χ2v) is 5.67. The average molecular weight is 231 g/mol. The van der Waals surface area contributed by atoms with Crippen LogP contribution < -0.4 is 0 Å². The van der Waals surface area contributed by atoms with Crippen LogP contribution in [-0.4, -0.2) is 11.0 Å². The van der Waals surface area contributed by atoms with E-state index < -0.39 is 0 Å². The van der Waals surface area contributed by atoms with Gasteiger partial charge in [-0.1, -0.05) is 43.2 Å². The molecule has 0 heterocycles. The Balaban J connectivity index is 1.89. The first-order valence-corrected chi connectivity index (χ1v) is 7.01. The third-order valence-corrected chi connectivity index (χ3v) is 4.63. The minimum Gasteiger partial charge on any atom is -0.198 e. The van der Waals surface area contributed by atoms with Crippen LogP contribution in [0, 0.1) is 11.3 Å². The van der Waals surface area contributed by atoms with Crippen molar-refractivity contribution in [3.05, 3.63) is 35.9 Å². The SMILES string of the molecule is N#CC(CSC1CCCC1)c1ccccc1. The van der Waals surface area contributed by atoms with Gasteiger partial charge in [0, 0.05) is 11.0 Å². The molecule has 2 heteroatoms. The van der Waals surface area contributed by atoms with E-state index in [0.29, 0.717) is 0 Å². The molecular formula is C14H17NS. The summed E-state index contributed by atoms with van der Waals surface area (Å²) in [6, 6.07) is 12.6. The van der Waals surface area contributed by atoms with E-state index in [1.807, 2.05) is 30.0 Å². The first-order chi connectivity index (χ1) is 7.90. The van der Waals surface area contributed by atoms with Gasteiger partial charge in [0.2, 0.25) is 0 Å². The van der Waals surface area contributed by atoms with E-state index in [0.717, 1.165) is 16.6 Å². The van der Waals surface area contributed by atoms with Gasteiger partial charge in [-0.25, -0.2) is 0 Å². The fourth-order valence-corrected chi connectivity index (χ4v) is 3.58. The zero-order valence-corrected chi connectivity index (χ0v) is 10.2.